The smallest absolute Gasteiger partial charge is 0.257 e. The Balaban J connectivity index is 1.98. The molecule has 3 rings (SSSR count). The fraction of sp³-hybridized carbons (Fsp3) is 0.409. The maximum Gasteiger partial charge on any atom is 0.257 e. The van der Waals surface area contributed by atoms with Crippen molar-refractivity contribution in [3.05, 3.63) is 59.4 Å². The van der Waals surface area contributed by atoms with Crippen LogP contribution in [-0.2, 0) is 10.0 Å². The number of rotatable bonds is 7. The summed E-state index contributed by atoms with van der Waals surface area (Å²) in [6.07, 6.45) is 1.50. The number of benzene rings is 2. The van der Waals surface area contributed by atoms with E-state index in [0.717, 1.165) is 30.5 Å². The second kappa shape index (κ2) is 9.14. The first-order valence-electron chi connectivity index (χ1n) is 10.1. The van der Waals surface area contributed by atoms with E-state index in [1.165, 1.54) is 10.4 Å². The van der Waals surface area contributed by atoms with E-state index in [-0.39, 0.29) is 16.5 Å². The lowest BCUT2D eigenvalue weighted by Gasteiger charge is -2.27. The van der Waals surface area contributed by atoms with Crippen molar-refractivity contribution in [1.82, 2.24) is 9.21 Å². The molecule has 2 aromatic carbocycles. The van der Waals surface area contributed by atoms with E-state index in [1.54, 1.807) is 25.9 Å². The van der Waals surface area contributed by atoms with Crippen molar-refractivity contribution in [3.8, 4) is 5.75 Å². The number of sulfonamides is 1. The van der Waals surface area contributed by atoms with Crippen molar-refractivity contribution in [2.45, 2.75) is 37.6 Å². The number of halogens is 1. The van der Waals surface area contributed by atoms with Gasteiger partial charge in [-0.1, -0.05) is 32.0 Å². The Morgan fingerprint density at radius 3 is 2.57 bits per heavy atom. The highest BCUT2D eigenvalue weighted by atomic mass is 32.2. The lowest BCUT2D eigenvalue weighted by Crippen LogP contribution is -2.33. The quantitative estimate of drug-likeness (QED) is 0.664. The van der Waals surface area contributed by atoms with Crippen molar-refractivity contribution < 1.29 is 22.3 Å². The number of amides is 1. The molecule has 0 aliphatic carbocycles. The minimum atomic E-state index is -3.80. The summed E-state index contributed by atoms with van der Waals surface area (Å²) in [5, 5.41) is 0. The molecule has 1 aliphatic heterocycles. The van der Waals surface area contributed by atoms with Crippen LogP contribution in [0.5, 0.6) is 5.75 Å². The molecule has 1 amide bonds. The standard InChI is InChI=1S/C22H27FN2O4S/c1-4-24(5-2)30(27,28)16-12-13-19(23)18(15-16)22(26)25-14-8-10-20(25)17-9-6-7-11-21(17)29-3/h6-7,9,11-13,15,20H,4-5,8,10,14H2,1-3H3. The molecule has 2 aromatic rings. The van der Waals surface area contributed by atoms with Crippen molar-refractivity contribution >= 4 is 15.9 Å². The van der Waals surface area contributed by atoms with E-state index in [1.807, 2.05) is 24.3 Å². The molecule has 8 heteroatoms. The zero-order valence-corrected chi connectivity index (χ0v) is 18.3. The van der Waals surface area contributed by atoms with Gasteiger partial charge in [0.25, 0.3) is 5.91 Å². The number of ether oxygens (including phenoxy) is 1. The first kappa shape index (κ1) is 22.2. The molecular weight excluding hydrogens is 407 g/mol. The van der Waals surface area contributed by atoms with Gasteiger partial charge in [-0.05, 0) is 37.1 Å². The van der Waals surface area contributed by atoms with Crippen LogP contribution in [0.25, 0.3) is 0 Å². The molecule has 0 saturated carbocycles. The molecule has 1 saturated heterocycles. The number of likely N-dealkylation sites (tertiary alicyclic amines) is 1. The summed E-state index contributed by atoms with van der Waals surface area (Å²) in [5.74, 6) is -0.581. The Hall–Kier alpha value is -2.45. The van der Waals surface area contributed by atoms with Crippen LogP contribution in [0.1, 0.15) is 48.7 Å². The van der Waals surface area contributed by atoms with Gasteiger partial charge in [0.1, 0.15) is 11.6 Å². The molecule has 162 valence electrons. The molecule has 1 unspecified atom stereocenters. The van der Waals surface area contributed by atoms with Gasteiger partial charge < -0.3 is 9.64 Å². The van der Waals surface area contributed by atoms with Gasteiger partial charge in [-0.15, -0.1) is 0 Å². The van der Waals surface area contributed by atoms with E-state index < -0.39 is 21.7 Å². The van der Waals surface area contributed by atoms with Crippen LogP contribution in [0.2, 0.25) is 0 Å². The van der Waals surface area contributed by atoms with Gasteiger partial charge in [0, 0.05) is 25.2 Å². The second-order valence-corrected chi connectivity index (χ2v) is 9.07. The molecule has 30 heavy (non-hydrogen) atoms. The van der Waals surface area contributed by atoms with Crippen LogP contribution in [0, 0.1) is 5.82 Å². The van der Waals surface area contributed by atoms with Gasteiger partial charge in [0.15, 0.2) is 0 Å². The Bertz CT molecular complexity index is 1020. The summed E-state index contributed by atoms with van der Waals surface area (Å²) in [5.41, 5.74) is 0.628. The normalized spacial score (nSPS) is 16.8. The number of carbonyl (C=O) groups is 1. The summed E-state index contributed by atoms with van der Waals surface area (Å²) in [6.45, 7) is 4.52. The van der Waals surface area contributed by atoms with E-state index in [4.69, 9.17) is 4.74 Å². The van der Waals surface area contributed by atoms with E-state index in [2.05, 4.69) is 0 Å². The molecule has 0 N–H and O–H groups in total. The number of methoxy groups -OCH3 is 1. The molecule has 0 radical (unpaired) electrons. The Morgan fingerprint density at radius 2 is 1.90 bits per heavy atom. The molecule has 1 atom stereocenters. The molecule has 1 aliphatic rings. The third-order valence-corrected chi connectivity index (χ3v) is 7.57. The largest absolute Gasteiger partial charge is 0.496 e. The topological polar surface area (TPSA) is 66.9 Å². The molecular formula is C22H27FN2O4S. The lowest BCUT2D eigenvalue weighted by molar-refractivity contribution is 0.0729. The van der Waals surface area contributed by atoms with Crippen LogP contribution in [-0.4, -0.2) is 50.3 Å². The molecule has 6 nitrogen and oxygen atoms in total. The summed E-state index contributed by atoms with van der Waals surface area (Å²) in [4.78, 5) is 14.8. The van der Waals surface area contributed by atoms with Crippen LogP contribution in [0.4, 0.5) is 4.39 Å². The fourth-order valence-corrected chi connectivity index (χ4v) is 5.46. The lowest BCUT2D eigenvalue weighted by atomic mass is 10.0. The first-order valence-corrected chi connectivity index (χ1v) is 11.5. The van der Waals surface area contributed by atoms with Gasteiger partial charge in [-0.25, -0.2) is 12.8 Å². The number of hydrogen-bond donors (Lipinski definition) is 0. The van der Waals surface area contributed by atoms with Gasteiger partial charge in [0.05, 0.1) is 23.6 Å². The minimum absolute atomic E-state index is 0.0796. The van der Waals surface area contributed by atoms with Crippen LogP contribution in [0.15, 0.2) is 47.4 Å². The third-order valence-electron chi connectivity index (χ3n) is 5.52. The zero-order chi connectivity index (χ0) is 21.9. The van der Waals surface area contributed by atoms with E-state index in [0.29, 0.717) is 25.4 Å². The van der Waals surface area contributed by atoms with E-state index >= 15 is 0 Å². The highest BCUT2D eigenvalue weighted by molar-refractivity contribution is 7.89. The van der Waals surface area contributed by atoms with Gasteiger partial charge >= 0.3 is 0 Å². The van der Waals surface area contributed by atoms with Crippen LogP contribution >= 0.6 is 0 Å². The molecule has 1 heterocycles. The fourth-order valence-electron chi connectivity index (χ4n) is 3.97. The Kier molecular flexibility index (Phi) is 6.77. The summed E-state index contributed by atoms with van der Waals surface area (Å²) < 4.78 is 47.0. The maximum atomic E-state index is 14.6. The van der Waals surface area contributed by atoms with Gasteiger partial charge in [0.2, 0.25) is 10.0 Å². The number of hydrogen-bond acceptors (Lipinski definition) is 4. The van der Waals surface area contributed by atoms with Crippen molar-refractivity contribution in [2.24, 2.45) is 0 Å². The second-order valence-electron chi connectivity index (χ2n) is 7.13. The highest BCUT2D eigenvalue weighted by Gasteiger charge is 2.34. The van der Waals surface area contributed by atoms with Crippen LogP contribution in [0.3, 0.4) is 0 Å². The monoisotopic (exact) mass is 434 g/mol. The van der Waals surface area contributed by atoms with Crippen LogP contribution < -0.4 is 4.74 Å². The molecule has 0 bridgehead atoms. The first-order chi connectivity index (χ1) is 14.3. The number of nitrogens with zero attached hydrogens (tertiary/aromatic N) is 2. The third kappa shape index (κ3) is 4.06. The average molecular weight is 435 g/mol. The van der Waals surface area contributed by atoms with Gasteiger partial charge in [-0.3, -0.25) is 4.79 Å². The Labute approximate surface area is 177 Å². The Morgan fingerprint density at radius 1 is 1.20 bits per heavy atom. The van der Waals surface area contributed by atoms with Crippen molar-refractivity contribution in [3.63, 3.8) is 0 Å². The number of para-hydroxylation sites is 1. The van der Waals surface area contributed by atoms with Gasteiger partial charge in [-0.2, -0.15) is 4.31 Å². The predicted octanol–water partition coefficient (Wildman–Crippen LogP) is 3.84. The summed E-state index contributed by atoms with van der Waals surface area (Å²) >= 11 is 0. The number of carbonyl (C=O) groups excluding carboxylic acids is 1. The average Bonchev–Trinajstić information content (AvgIpc) is 3.23. The predicted molar refractivity (Wildman–Crippen MR) is 113 cm³/mol. The zero-order valence-electron chi connectivity index (χ0n) is 17.5. The molecule has 0 spiro atoms. The van der Waals surface area contributed by atoms with Crippen molar-refractivity contribution in [1.29, 1.82) is 0 Å². The maximum absolute atomic E-state index is 14.6. The molecule has 0 aromatic heterocycles. The summed E-state index contributed by atoms with van der Waals surface area (Å²) in [6, 6.07) is 10.6. The van der Waals surface area contributed by atoms with Crippen molar-refractivity contribution in [2.75, 3.05) is 26.7 Å². The highest BCUT2D eigenvalue weighted by Crippen LogP contribution is 2.38. The SMILES string of the molecule is CCN(CC)S(=O)(=O)c1ccc(F)c(C(=O)N2CCCC2c2ccccc2OC)c1. The molecule has 1 fully saturated rings. The summed E-state index contributed by atoms with van der Waals surface area (Å²) in [7, 11) is -2.23. The van der Waals surface area contributed by atoms with E-state index in [9.17, 15) is 17.6 Å². The minimum Gasteiger partial charge on any atom is -0.496 e.